The van der Waals surface area contributed by atoms with E-state index in [1.807, 2.05) is 80.6 Å². The highest BCUT2D eigenvalue weighted by Gasteiger charge is 2.30. The molecule has 1 fully saturated rings. The lowest BCUT2D eigenvalue weighted by Gasteiger charge is -2.32. The van der Waals surface area contributed by atoms with Crippen molar-refractivity contribution < 1.29 is 8.42 Å². The van der Waals surface area contributed by atoms with Crippen molar-refractivity contribution in [3.05, 3.63) is 96.1 Å². The molecule has 3 aromatic carbocycles. The zero-order valence-corrected chi connectivity index (χ0v) is 23.7. The summed E-state index contributed by atoms with van der Waals surface area (Å²) in [5, 5.41) is 8.68. The van der Waals surface area contributed by atoms with Gasteiger partial charge in [0, 0.05) is 42.5 Å². The minimum Gasteiger partial charge on any atom is -0.370 e. The van der Waals surface area contributed by atoms with Crippen molar-refractivity contribution in [1.82, 2.24) is 18.9 Å². The normalized spacial score (nSPS) is 16.3. The number of halogens is 1. The standard InChI is InChI=1S/C30H29BClN5O2S/c31-26-19-34-37-29(17-28(35-30(26)37)25-10-4-5-11-27(25)32)33-18-21-7-6-16-36(20-21)40(38,39)24-14-12-23(13-15-24)22-8-2-1-3-9-22/h1-5,8-15,17,19,21,33H,6-7,16,18,20,31H2. The molecule has 5 aromatic rings. The first kappa shape index (κ1) is 26.6. The van der Waals surface area contributed by atoms with Gasteiger partial charge >= 0.3 is 0 Å². The van der Waals surface area contributed by atoms with Gasteiger partial charge in [-0.1, -0.05) is 72.3 Å². The van der Waals surface area contributed by atoms with Gasteiger partial charge in [-0.2, -0.15) is 13.9 Å². The number of piperidine rings is 1. The summed E-state index contributed by atoms with van der Waals surface area (Å²) in [7, 11) is -1.61. The maximum absolute atomic E-state index is 13.5. The van der Waals surface area contributed by atoms with Crippen molar-refractivity contribution in [3.63, 3.8) is 0 Å². The third-order valence-electron chi connectivity index (χ3n) is 7.45. The van der Waals surface area contributed by atoms with E-state index in [4.69, 9.17) is 16.6 Å². The summed E-state index contributed by atoms with van der Waals surface area (Å²) >= 11 is 6.48. The second-order valence-electron chi connectivity index (χ2n) is 10.2. The number of hydrogen-bond donors (Lipinski definition) is 1. The Labute approximate surface area is 240 Å². The molecule has 0 aliphatic carbocycles. The number of benzene rings is 3. The molecule has 10 heteroatoms. The van der Waals surface area contributed by atoms with Crippen LogP contribution < -0.4 is 10.8 Å². The zero-order chi connectivity index (χ0) is 27.7. The van der Waals surface area contributed by atoms with Crippen LogP contribution in [0.2, 0.25) is 5.02 Å². The summed E-state index contributed by atoms with van der Waals surface area (Å²) in [4.78, 5) is 5.14. The Balaban J connectivity index is 1.19. The SMILES string of the molecule is Bc1cnn2c(NCC3CCCN(S(=O)(=O)c4ccc(-c5ccccc5)cc4)C3)cc(-c3ccccc3Cl)nc12. The van der Waals surface area contributed by atoms with Gasteiger partial charge in [-0.05, 0) is 53.5 Å². The number of nitrogens with zero attached hydrogens (tertiary/aromatic N) is 4. The second-order valence-corrected chi connectivity index (χ2v) is 12.6. The largest absolute Gasteiger partial charge is 0.370 e. The summed E-state index contributed by atoms with van der Waals surface area (Å²) in [6, 6.07) is 26.7. The van der Waals surface area contributed by atoms with Crippen molar-refractivity contribution in [3.8, 4) is 22.4 Å². The molecule has 202 valence electrons. The van der Waals surface area contributed by atoms with Crippen molar-refractivity contribution in [1.29, 1.82) is 0 Å². The summed E-state index contributed by atoms with van der Waals surface area (Å²) in [6.07, 6.45) is 3.54. The number of fused-ring (bicyclic) bond motifs is 1. The van der Waals surface area contributed by atoms with Crippen LogP contribution in [-0.4, -0.2) is 54.8 Å². The van der Waals surface area contributed by atoms with Gasteiger partial charge in [0.25, 0.3) is 0 Å². The minimum absolute atomic E-state index is 0.149. The lowest BCUT2D eigenvalue weighted by atomic mass is 9.99. The van der Waals surface area contributed by atoms with E-state index in [1.54, 1.807) is 27.2 Å². The van der Waals surface area contributed by atoms with Crippen LogP contribution >= 0.6 is 11.6 Å². The number of rotatable bonds is 7. The Morgan fingerprint density at radius 2 is 1.70 bits per heavy atom. The Morgan fingerprint density at radius 3 is 2.48 bits per heavy atom. The Morgan fingerprint density at radius 1 is 0.975 bits per heavy atom. The molecule has 1 aliphatic rings. The number of sulfonamides is 1. The fraction of sp³-hybridized carbons (Fsp3) is 0.200. The molecule has 1 unspecified atom stereocenters. The van der Waals surface area contributed by atoms with Crippen LogP contribution in [0.15, 0.2) is 96.0 Å². The second kappa shape index (κ2) is 11.1. The van der Waals surface area contributed by atoms with Crippen LogP contribution in [0.4, 0.5) is 5.82 Å². The number of nitrogens with one attached hydrogen (secondary N) is 1. The molecule has 1 atom stereocenters. The van der Waals surface area contributed by atoms with E-state index in [0.717, 1.165) is 52.2 Å². The molecule has 7 nitrogen and oxygen atoms in total. The maximum atomic E-state index is 13.5. The molecule has 0 saturated carbocycles. The lowest BCUT2D eigenvalue weighted by Crippen LogP contribution is -2.41. The van der Waals surface area contributed by atoms with Gasteiger partial charge in [-0.3, -0.25) is 0 Å². The number of hydrogen-bond acceptors (Lipinski definition) is 5. The van der Waals surface area contributed by atoms with E-state index in [1.165, 1.54) is 0 Å². The number of aromatic nitrogens is 3. The molecule has 0 spiro atoms. The van der Waals surface area contributed by atoms with Crippen molar-refractivity contribution in [2.75, 3.05) is 25.0 Å². The van der Waals surface area contributed by atoms with Gasteiger partial charge < -0.3 is 5.32 Å². The molecule has 0 radical (unpaired) electrons. The zero-order valence-electron chi connectivity index (χ0n) is 22.2. The van der Waals surface area contributed by atoms with Crippen LogP contribution in [0.1, 0.15) is 12.8 Å². The van der Waals surface area contributed by atoms with Crippen LogP contribution in [0.3, 0.4) is 0 Å². The van der Waals surface area contributed by atoms with Crippen molar-refractivity contribution >= 4 is 46.4 Å². The highest BCUT2D eigenvalue weighted by Crippen LogP contribution is 2.30. The summed E-state index contributed by atoms with van der Waals surface area (Å²) in [6.45, 7) is 1.59. The van der Waals surface area contributed by atoms with E-state index in [2.05, 4.69) is 10.4 Å². The van der Waals surface area contributed by atoms with Gasteiger partial charge in [-0.15, -0.1) is 0 Å². The van der Waals surface area contributed by atoms with Crippen LogP contribution in [0, 0.1) is 5.92 Å². The molecule has 1 aliphatic heterocycles. The van der Waals surface area contributed by atoms with E-state index in [-0.39, 0.29) is 5.92 Å². The molecule has 0 amide bonds. The van der Waals surface area contributed by atoms with Gasteiger partial charge in [0.05, 0.1) is 10.6 Å². The Bertz CT molecular complexity index is 1760. The topological polar surface area (TPSA) is 79.6 Å². The van der Waals surface area contributed by atoms with Crippen molar-refractivity contribution in [2.45, 2.75) is 17.7 Å². The van der Waals surface area contributed by atoms with Crippen LogP contribution in [-0.2, 0) is 10.0 Å². The third-order valence-corrected chi connectivity index (χ3v) is 9.66. The third kappa shape index (κ3) is 5.24. The average molecular weight is 570 g/mol. The monoisotopic (exact) mass is 569 g/mol. The van der Waals surface area contributed by atoms with Crippen LogP contribution in [0.25, 0.3) is 28.0 Å². The molecular weight excluding hydrogens is 541 g/mol. The first-order valence-corrected chi connectivity index (χ1v) is 15.2. The first-order valence-electron chi connectivity index (χ1n) is 13.4. The predicted octanol–water partition coefficient (Wildman–Crippen LogP) is 4.49. The molecule has 6 rings (SSSR count). The molecule has 2 aromatic heterocycles. The summed E-state index contributed by atoms with van der Waals surface area (Å²) in [5.74, 6) is 0.945. The van der Waals surface area contributed by atoms with Crippen molar-refractivity contribution in [2.24, 2.45) is 5.92 Å². The van der Waals surface area contributed by atoms with Crippen LogP contribution in [0.5, 0.6) is 0 Å². The highest BCUT2D eigenvalue weighted by molar-refractivity contribution is 7.89. The lowest BCUT2D eigenvalue weighted by molar-refractivity contribution is 0.275. The predicted molar refractivity (Wildman–Crippen MR) is 163 cm³/mol. The van der Waals surface area contributed by atoms with Gasteiger partial charge in [-0.25, -0.2) is 13.4 Å². The Hall–Kier alpha value is -3.66. The highest BCUT2D eigenvalue weighted by atomic mass is 35.5. The Kier molecular flexibility index (Phi) is 7.36. The fourth-order valence-electron chi connectivity index (χ4n) is 5.27. The van der Waals surface area contributed by atoms with E-state index >= 15 is 0 Å². The maximum Gasteiger partial charge on any atom is 0.243 e. The number of anilines is 1. The van der Waals surface area contributed by atoms with Gasteiger partial charge in [0.2, 0.25) is 10.0 Å². The fourth-order valence-corrected chi connectivity index (χ4v) is 7.05. The van der Waals surface area contributed by atoms with Gasteiger partial charge in [0.1, 0.15) is 13.7 Å². The molecule has 3 heterocycles. The van der Waals surface area contributed by atoms with E-state index in [9.17, 15) is 8.42 Å². The van der Waals surface area contributed by atoms with E-state index in [0.29, 0.717) is 29.6 Å². The first-order chi connectivity index (χ1) is 19.4. The minimum atomic E-state index is -3.59. The molecule has 1 N–H and O–H groups in total. The summed E-state index contributed by atoms with van der Waals surface area (Å²) in [5.41, 5.74) is 5.39. The quantitative estimate of drug-likeness (QED) is 0.292. The van der Waals surface area contributed by atoms with E-state index < -0.39 is 10.0 Å². The molecule has 40 heavy (non-hydrogen) atoms. The molecule has 0 bridgehead atoms. The molecule has 1 saturated heterocycles. The smallest absolute Gasteiger partial charge is 0.243 e. The average Bonchev–Trinajstić information content (AvgIpc) is 3.37. The molecular formula is C30H29BClN5O2S. The van der Waals surface area contributed by atoms with Gasteiger partial charge in [0.15, 0.2) is 5.65 Å². The summed E-state index contributed by atoms with van der Waals surface area (Å²) < 4.78 is 30.5.